The van der Waals surface area contributed by atoms with Crippen LogP contribution in [0.4, 0.5) is 0 Å². The Morgan fingerprint density at radius 1 is 1.50 bits per heavy atom. The number of halogens is 1. The van der Waals surface area contributed by atoms with Gasteiger partial charge in [-0.2, -0.15) is 0 Å². The molecule has 2 rings (SSSR count). The van der Waals surface area contributed by atoms with Crippen LogP contribution in [0.3, 0.4) is 0 Å². The number of aromatic nitrogens is 2. The van der Waals surface area contributed by atoms with Gasteiger partial charge in [-0.3, -0.25) is 9.36 Å². The van der Waals surface area contributed by atoms with Crippen LogP contribution < -0.4 is 11.3 Å². The Morgan fingerprint density at radius 3 is 2.88 bits per heavy atom. The van der Waals surface area contributed by atoms with E-state index in [1.165, 1.54) is 0 Å². The molecule has 4 nitrogen and oxygen atoms in total. The lowest BCUT2D eigenvalue weighted by Crippen LogP contribution is -2.26. The average Bonchev–Trinajstić information content (AvgIpc) is 2.29. The predicted molar refractivity (Wildman–Crippen MR) is 64.6 cm³/mol. The zero-order valence-corrected chi connectivity index (χ0v) is 9.66. The first kappa shape index (κ1) is 11.1. The molecule has 0 aliphatic carbocycles. The van der Waals surface area contributed by atoms with E-state index in [9.17, 15) is 4.79 Å². The lowest BCUT2D eigenvalue weighted by atomic mass is 10.2. The number of nitrogens with zero attached hydrogens (tertiary/aromatic N) is 2. The summed E-state index contributed by atoms with van der Waals surface area (Å²) in [4.78, 5) is 16.4. The highest BCUT2D eigenvalue weighted by Crippen LogP contribution is 2.15. The first-order chi connectivity index (χ1) is 7.67. The SMILES string of the molecule is CCn1c(CN)nc2ccc(Cl)cc2c1=O. The van der Waals surface area contributed by atoms with Crippen molar-refractivity contribution in [3.8, 4) is 0 Å². The second-order valence-corrected chi connectivity index (χ2v) is 3.88. The van der Waals surface area contributed by atoms with Crippen molar-refractivity contribution in [3.63, 3.8) is 0 Å². The third kappa shape index (κ3) is 1.70. The molecule has 84 valence electrons. The van der Waals surface area contributed by atoms with Crippen molar-refractivity contribution in [3.05, 3.63) is 39.4 Å². The fraction of sp³-hybridized carbons (Fsp3) is 0.273. The minimum atomic E-state index is -0.0875. The van der Waals surface area contributed by atoms with E-state index < -0.39 is 0 Å². The molecule has 0 bridgehead atoms. The Labute approximate surface area is 97.7 Å². The van der Waals surface area contributed by atoms with Crippen LogP contribution >= 0.6 is 11.6 Å². The van der Waals surface area contributed by atoms with Gasteiger partial charge in [-0.05, 0) is 25.1 Å². The van der Waals surface area contributed by atoms with E-state index in [2.05, 4.69) is 4.98 Å². The van der Waals surface area contributed by atoms with Crippen molar-refractivity contribution >= 4 is 22.5 Å². The van der Waals surface area contributed by atoms with Gasteiger partial charge in [0.25, 0.3) is 5.56 Å². The van der Waals surface area contributed by atoms with Crippen LogP contribution in [0.5, 0.6) is 0 Å². The molecule has 0 unspecified atom stereocenters. The molecule has 0 aliphatic rings. The van der Waals surface area contributed by atoms with Gasteiger partial charge in [0.05, 0.1) is 17.4 Å². The molecule has 0 spiro atoms. The number of hydrogen-bond acceptors (Lipinski definition) is 3. The van der Waals surface area contributed by atoms with Gasteiger partial charge in [-0.15, -0.1) is 0 Å². The molecule has 2 N–H and O–H groups in total. The third-order valence-corrected chi connectivity index (χ3v) is 2.73. The zero-order chi connectivity index (χ0) is 11.7. The molecule has 16 heavy (non-hydrogen) atoms. The lowest BCUT2D eigenvalue weighted by molar-refractivity contribution is 0.657. The van der Waals surface area contributed by atoms with Crippen molar-refractivity contribution in [2.75, 3.05) is 0 Å². The Hall–Kier alpha value is -1.39. The summed E-state index contributed by atoms with van der Waals surface area (Å²) in [6.45, 7) is 2.70. The van der Waals surface area contributed by atoms with E-state index in [0.717, 1.165) is 0 Å². The minimum absolute atomic E-state index is 0.0875. The predicted octanol–water partition coefficient (Wildman–Crippen LogP) is 1.53. The van der Waals surface area contributed by atoms with Crippen molar-refractivity contribution < 1.29 is 0 Å². The monoisotopic (exact) mass is 237 g/mol. The fourth-order valence-electron chi connectivity index (χ4n) is 1.72. The molecule has 0 atom stereocenters. The topological polar surface area (TPSA) is 60.9 Å². The van der Waals surface area contributed by atoms with Crippen LogP contribution in [0.25, 0.3) is 10.9 Å². The van der Waals surface area contributed by atoms with Gasteiger partial charge < -0.3 is 5.73 Å². The minimum Gasteiger partial charge on any atom is -0.324 e. The van der Waals surface area contributed by atoms with E-state index in [0.29, 0.717) is 28.3 Å². The summed E-state index contributed by atoms with van der Waals surface area (Å²) in [7, 11) is 0. The van der Waals surface area contributed by atoms with Crippen LogP contribution in [0.15, 0.2) is 23.0 Å². The second-order valence-electron chi connectivity index (χ2n) is 3.44. The molecule has 0 saturated carbocycles. The van der Waals surface area contributed by atoms with Crippen LogP contribution in [0, 0.1) is 0 Å². The number of hydrogen-bond donors (Lipinski definition) is 1. The largest absolute Gasteiger partial charge is 0.324 e. The average molecular weight is 238 g/mol. The quantitative estimate of drug-likeness (QED) is 0.862. The molecule has 1 heterocycles. The number of nitrogens with two attached hydrogens (primary N) is 1. The number of benzene rings is 1. The summed E-state index contributed by atoms with van der Waals surface area (Å²) in [6.07, 6.45) is 0. The molecule has 0 amide bonds. The Bertz CT molecular complexity index is 592. The summed E-state index contributed by atoms with van der Waals surface area (Å²) in [6, 6.07) is 5.09. The summed E-state index contributed by atoms with van der Waals surface area (Å²) in [5.41, 5.74) is 6.12. The van der Waals surface area contributed by atoms with Crippen LogP contribution in [-0.2, 0) is 13.1 Å². The maximum absolute atomic E-state index is 12.1. The summed E-state index contributed by atoms with van der Waals surface area (Å²) in [5, 5.41) is 1.07. The van der Waals surface area contributed by atoms with Gasteiger partial charge in [0.15, 0.2) is 0 Å². The number of fused-ring (bicyclic) bond motifs is 1. The van der Waals surface area contributed by atoms with Gasteiger partial charge in [0.1, 0.15) is 5.82 Å². The van der Waals surface area contributed by atoms with E-state index in [1.54, 1.807) is 22.8 Å². The van der Waals surface area contributed by atoms with Crippen LogP contribution in [-0.4, -0.2) is 9.55 Å². The summed E-state index contributed by atoms with van der Waals surface area (Å²) < 4.78 is 1.57. The Kier molecular flexibility index (Phi) is 2.94. The van der Waals surface area contributed by atoms with Gasteiger partial charge in [0, 0.05) is 11.6 Å². The highest BCUT2D eigenvalue weighted by atomic mass is 35.5. The Morgan fingerprint density at radius 2 is 2.25 bits per heavy atom. The maximum atomic E-state index is 12.1. The molecule has 2 aromatic rings. The smallest absolute Gasteiger partial charge is 0.261 e. The molecule has 1 aromatic carbocycles. The zero-order valence-electron chi connectivity index (χ0n) is 8.90. The highest BCUT2D eigenvalue weighted by molar-refractivity contribution is 6.31. The Balaban J connectivity index is 2.88. The molecule has 0 fully saturated rings. The molecule has 5 heteroatoms. The summed E-state index contributed by atoms with van der Waals surface area (Å²) in [5.74, 6) is 0.599. The van der Waals surface area contributed by atoms with Gasteiger partial charge >= 0.3 is 0 Å². The lowest BCUT2D eigenvalue weighted by Gasteiger charge is -2.09. The fourth-order valence-corrected chi connectivity index (χ4v) is 1.89. The van der Waals surface area contributed by atoms with Crippen molar-refractivity contribution in [2.24, 2.45) is 5.73 Å². The van der Waals surface area contributed by atoms with Gasteiger partial charge in [0.2, 0.25) is 0 Å². The maximum Gasteiger partial charge on any atom is 0.261 e. The van der Waals surface area contributed by atoms with E-state index in [-0.39, 0.29) is 12.1 Å². The first-order valence-corrected chi connectivity index (χ1v) is 5.44. The van der Waals surface area contributed by atoms with Gasteiger partial charge in [-0.1, -0.05) is 11.6 Å². The standard InChI is InChI=1S/C11H12ClN3O/c1-2-15-10(6-13)14-9-4-3-7(12)5-8(9)11(15)16/h3-5H,2,6,13H2,1H3. The van der Waals surface area contributed by atoms with Crippen molar-refractivity contribution in [2.45, 2.75) is 20.0 Å². The molecule has 0 aliphatic heterocycles. The number of rotatable bonds is 2. The van der Waals surface area contributed by atoms with Crippen molar-refractivity contribution in [1.29, 1.82) is 0 Å². The normalized spacial score (nSPS) is 10.9. The third-order valence-electron chi connectivity index (χ3n) is 2.49. The molecular weight excluding hydrogens is 226 g/mol. The second kappa shape index (κ2) is 4.23. The molecule has 0 saturated heterocycles. The van der Waals surface area contributed by atoms with E-state index in [4.69, 9.17) is 17.3 Å². The highest BCUT2D eigenvalue weighted by Gasteiger charge is 2.08. The first-order valence-electron chi connectivity index (χ1n) is 5.06. The van der Waals surface area contributed by atoms with Gasteiger partial charge in [-0.25, -0.2) is 4.98 Å². The molecule has 0 radical (unpaired) electrons. The van der Waals surface area contributed by atoms with Crippen LogP contribution in [0.1, 0.15) is 12.7 Å². The van der Waals surface area contributed by atoms with Crippen molar-refractivity contribution in [1.82, 2.24) is 9.55 Å². The molecule has 1 aromatic heterocycles. The van der Waals surface area contributed by atoms with Crippen LogP contribution in [0.2, 0.25) is 5.02 Å². The summed E-state index contributed by atoms with van der Waals surface area (Å²) >= 11 is 5.86. The van der Waals surface area contributed by atoms with E-state index >= 15 is 0 Å². The van der Waals surface area contributed by atoms with E-state index in [1.807, 2.05) is 6.92 Å². The molecular formula is C11H12ClN3O.